The van der Waals surface area contributed by atoms with Crippen LogP contribution in [-0.2, 0) is 19.2 Å². The molecule has 0 saturated carbocycles. The van der Waals surface area contributed by atoms with Crippen LogP contribution in [0.4, 0.5) is 0 Å². The number of carbonyl (C=O) groups excluding carboxylic acids is 3. The molecule has 3 amide bonds. The largest absolute Gasteiger partial charge is 0.480 e. The number of carbonyl (C=O) groups is 4. The van der Waals surface area contributed by atoms with E-state index in [0.717, 1.165) is 0 Å². The lowest BCUT2D eigenvalue weighted by atomic mass is 9.98. The standard InChI is InChI=1S/C22H43N7O6/c1-6-12(4)16(21(34)35)28-20(33)17(13(5)30)29-19(32)15(10-11(2)3)27-18(31)14(23)8-7-9-26-22(24)25/h11-17,30H,6-10,23H2,1-5H3,(H,27,31)(H,28,33)(H,29,32)(H,34,35)(H4,24,25,26). The van der Waals surface area contributed by atoms with E-state index in [9.17, 15) is 29.4 Å². The van der Waals surface area contributed by atoms with Crippen LogP contribution in [0.1, 0.15) is 60.3 Å². The lowest BCUT2D eigenvalue weighted by molar-refractivity contribution is -0.144. The average molecular weight is 502 g/mol. The number of aliphatic hydroxyl groups is 1. The van der Waals surface area contributed by atoms with Gasteiger partial charge in [-0.15, -0.1) is 0 Å². The van der Waals surface area contributed by atoms with Crippen LogP contribution in [0, 0.1) is 11.8 Å². The van der Waals surface area contributed by atoms with E-state index in [2.05, 4.69) is 20.9 Å². The minimum atomic E-state index is -1.42. The maximum atomic E-state index is 13.0. The quantitative estimate of drug-likeness (QED) is 0.0688. The summed E-state index contributed by atoms with van der Waals surface area (Å²) in [7, 11) is 0. The van der Waals surface area contributed by atoms with Crippen molar-refractivity contribution in [3.05, 3.63) is 0 Å². The molecule has 0 aliphatic heterocycles. The number of aliphatic hydroxyl groups excluding tert-OH is 1. The fourth-order valence-corrected chi connectivity index (χ4v) is 3.22. The molecule has 0 rings (SSSR count). The molecule has 0 spiro atoms. The van der Waals surface area contributed by atoms with Crippen molar-refractivity contribution in [3.63, 3.8) is 0 Å². The van der Waals surface area contributed by atoms with E-state index < -0.39 is 54.0 Å². The zero-order valence-corrected chi connectivity index (χ0v) is 21.3. The predicted molar refractivity (Wildman–Crippen MR) is 132 cm³/mol. The molecule has 0 aromatic carbocycles. The molecule has 6 atom stereocenters. The van der Waals surface area contributed by atoms with Gasteiger partial charge in [0, 0.05) is 6.54 Å². The Labute approximate surface area is 206 Å². The highest BCUT2D eigenvalue weighted by molar-refractivity contribution is 5.94. The summed E-state index contributed by atoms with van der Waals surface area (Å²) in [5, 5.41) is 27.0. The number of rotatable bonds is 16. The summed E-state index contributed by atoms with van der Waals surface area (Å²) in [6.45, 7) is 8.76. The van der Waals surface area contributed by atoms with Gasteiger partial charge in [-0.3, -0.25) is 19.4 Å². The van der Waals surface area contributed by atoms with Gasteiger partial charge in [-0.2, -0.15) is 0 Å². The third kappa shape index (κ3) is 12.4. The van der Waals surface area contributed by atoms with Crippen molar-refractivity contribution in [2.45, 2.75) is 90.6 Å². The van der Waals surface area contributed by atoms with Gasteiger partial charge >= 0.3 is 5.97 Å². The number of guanidine groups is 1. The predicted octanol–water partition coefficient (Wildman–Crippen LogP) is -1.62. The van der Waals surface area contributed by atoms with Crippen LogP contribution in [0.5, 0.6) is 0 Å². The van der Waals surface area contributed by atoms with Gasteiger partial charge in [0.05, 0.1) is 12.1 Å². The highest BCUT2D eigenvalue weighted by Crippen LogP contribution is 2.10. The van der Waals surface area contributed by atoms with E-state index in [4.69, 9.17) is 17.2 Å². The Bertz CT molecular complexity index is 740. The molecular formula is C22H43N7O6. The van der Waals surface area contributed by atoms with Gasteiger partial charge < -0.3 is 43.4 Å². The maximum Gasteiger partial charge on any atom is 0.326 e. The zero-order chi connectivity index (χ0) is 27.3. The van der Waals surface area contributed by atoms with Crippen molar-refractivity contribution in [3.8, 4) is 0 Å². The van der Waals surface area contributed by atoms with Crippen LogP contribution in [0.2, 0.25) is 0 Å². The summed E-state index contributed by atoms with van der Waals surface area (Å²) in [4.78, 5) is 53.6. The first-order valence-electron chi connectivity index (χ1n) is 11.8. The number of nitrogens with one attached hydrogen (secondary N) is 3. The number of hydrogen-bond acceptors (Lipinski definition) is 7. The van der Waals surface area contributed by atoms with Gasteiger partial charge in [-0.1, -0.05) is 34.1 Å². The zero-order valence-electron chi connectivity index (χ0n) is 21.3. The second-order valence-corrected chi connectivity index (χ2v) is 9.18. The molecule has 35 heavy (non-hydrogen) atoms. The molecule has 0 aliphatic carbocycles. The first kappa shape index (κ1) is 32.1. The van der Waals surface area contributed by atoms with E-state index in [1.807, 2.05) is 13.8 Å². The number of carboxylic acids is 1. The molecular weight excluding hydrogens is 458 g/mol. The van der Waals surface area contributed by atoms with Gasteiger partial charge in [-0.05, 0) is 38.0 Å². The van der Waals surface area contributed by atoms with Crippen molar-refractivity contribution in [2.75, 3.05) is 6.54 Å². The van der Waals surface area contributed by atoms with Crippen molar-refractivity contribution in [1.29, 1.82) is 0 Å². The minimum absolute atomic E-state index is 0.00441. The summed E-state index contributed by atoms with van der Waals surface area (Å²) in [6.07, 6.45) is 0.162. The van der Waals surface area contributed by atoms with Gasteiger partial charge in [0.2, 0.25) is 17.7 Å². The summed E-state index contributed by atoms with van der Waals surface area (Å²) in [5.41, 5.74) is 16.4. The Hall–Kier alpha value is -2.93. The monoisotopic (exact) mass is 501 g/mol. The third-order valence-corrected chi connectivity index (χ3v) is 5.48. The summed E-state index contributed by atoms with van der Waals surface area (Å²) in [5.74, 6) is -3.75. The van der Waals surface area contributed by atoms with Crippen LogP contribution in [-0.4, -0.2) is 76.7 Å². The molecule has 202 valence electrons. The topological polar surface area (TPSA) is 235 Å². The fraction of sp³-hybridized carbons (Fsp3) is 0.773. The lowest BCUT2D eigenvalue weighted by Crippen LogP contribution is -2.60. The first-order valence-corrected chi connectivity index (χ1v) is 11.8. The molecule has 0 radical (unpaired) electrons. The van der Waals surface area contributed by atoms with Gasteiger partial charge in [0.1, 0.15) is 18.1 Å². The Kier molecular flexibility index (Phi) is 14.5. The number of aliphatic carboxylic acids is 1. The molecule has 0 aromatic rings. The number of aliphatic imine (C=N–C) groups is 1. The van der Waals surface area contributed by atoms with Crippen molar-refractivity contribution in [2.24, 2.45) is 34.0 Å². The van der Waals surface area contributed by atoms with Crippen LogP contribution < -0.4 is 33.2 Å². The first-order chi connectivity index (χ1) is 16.2. The van der Waals surface area contributed by atoms with Crippen molar-refractivity contribution in [1.82, 2.24) is 16.0 Å². The highest BCUT2D eigenvalue weighted by atomic mass is 16.4. The van der Waals surface area contributed by atoms with E-state index >= 15 is 0 Å². The normalized spacial score (nSPS) is 16.2. The minimum Gasteiger partial charge on any atom is -0.480 e. The Morgan fingerprint density at radius 3 is 1.94 bits per heavy atom. The third-order valence-electron chi connectivity index (χ3n) is 5.48. The fourth-order valence-electron chi connectivity index (χ4n) is 3.22. The molecule has 0 heterocycles. The van der Waals surface area contributed by atoms with Crippen LogP contribution >= 0.6 is 0 Å². The SMILES string of the molecule is CCC(C)C(NC(=O)C(NC(=O)C(CC(C)C)NC(=O)C(N)CCCN=C(N)N)C(C)O)C(=O)O. The molecule has 13 heteroatoms. The molecule has 13 nitrogen and oxygen atoms in total. The number of hydrogen-bond donors (Lipinski definition) is 8. The van der Waals surface area contributed by atoms with Gasteiger partial charge in [0.25, 0.3) is 0 Å². The molecule has 11 N–H and O–H groups in total. The molecule has 0 aromatic heterocycles. The summed E-state index contributed by atoms with van der Waals surface area (Å²) in [6, 6.07) is -4.54. The Morgan fingerprint density at radius 1 is 0.914 bits per heavy atom. The number of nitrogens with two attached hydrogens (primary N) is 3. The van der Waals surface area contributed by atoms with Gasteiger partial charge in [-0.25, -0.2) is 4.79 Å². The van der Waals surface area contributed by atoms with E-state index in [-0.39, 0.29) is 30.6 Å². The Morgan fingerprint density at radius 2 is 1.49 bits per heavy atom. The molecule has 0 saturated heterocycles. The lowest BCUT2D eigenvalue weighted by Gasteiger charge is -2.28. The van der Waals surface area contributed by atoms with E-state index in [1.165, 1.54) is 6.92 Å². The summed E-state index contributed by atoms with van der Waals surface area (Å²) >= 11 is 0. The second-order valence-electron chi connectivity index (χ2n) is 9.18. The number of nitrogens with zero attached hydrogens (tertiary/aromatic N) is 1. The van der Waals surface area contributed by atoms with E-state index in [1.54, 1.807) is 13.8 Å². The number of carboxylic acid groups (broad SMARTS) is 1. The number of amides is 3. The molecule has 0 fully saturated rings. The second kappa shape index (κ2) is 15.9. The smallest absolute Gasteiger partial charge is 0.326 e. The van der Waals surface area contributed by atoms with Crippen LogP contribution in [0.3, 0.4) is 0 Å². The maximum absolute atomic E-state index is 13.0. The van der Waals surface area contributed by atoms with Crippen LogP contribution in [0.15, 0.2) is 4.99 Å². The van der Waals surface area contributed by atoms with E-state index in [0.29, 0.717) is 19.4 Å². The van der Waals surface area contributed by atoms with Crippen molar-refractivity contribution >= 4 is 29.7 Å². The summed E-state index contributed by atoms with van der Waals surface area (Å²) < 4.78 is 0. The molecule has 0 bridgehead atoms. The highest BCUT2D eigenvalue weighted by Gasteiger charge is 2.34. The molecule has 6 unspecified atom stereocenters. The van der Waals surface area contributed by atoms with Crippen LogP contribution in [0.25, 0.3) is 0 Å². The molecule has 0 aliphatic rings. The van der Waals surface area contributed by atoms with Gasteiger partial charge in [0.15, 0.2) is 5.96 Å². The average Bonchev–Trinajstić information content (AvgIpc) is 2.76. The van der Waals surface area contributed by atoms with Crippen molar-refractivity contribution < 1.29 is 29.4 Å². The Balaban J connectivity index is 5.36.